The number of nitrogens with one attached hydrogen (secondary N) is 1. The van der Waals surface area contributed by atoms with E-state index < -0.39 is 22.3 Å². The SMILES string of the molecule is Cc1[nH]n(-c2nc3ccccc3s2)c(=O)c1C(c1cccc([N+](=O)[O-])c1)C(C#N)C#N. The average Bonchev–Trinajstić information content (AvgIpc) is 3.32. The second kappa shape index (κ2) is 7.86. The number of non-ortho nitro benzene ring substituents is 1. The third-order valence-electron chi connectivity index (χ3n) is 4.95. The molecule has 1 N–H and O–H groups in total. The van der Waals surface area contributed by atoms with Crippen LogP contribution in [-0.2, 0) is 0 Å². The summed E-state index contributed by atoms with van der Waals surface area (Å²) in [6.45, 7) is 1.66. The van der Waals surface area contributed by atoms with Crippen LogP contribution in [0.2, 0.25) is 0 Å². The van der Waals surface area contributed by atoms with E-state index in [1.807, 2.05) is 36.4 Å². The summed E-state index contributed by atoms with van der Waals surface area (Å²) < 4.78 is 2.19. The quantitative estimate of drug-likeness (QED) is 0.377. The molecule has 9 nitrogen and oxygen atoms in total. The van der Waals surface area contributed by atoms with Crippen LogP contribution < -0.4 is 5.56 Å². The molecule has 0 fully saturated rings. The highest BCUT2D eigenvalue weighted by Gasteiger charge is 2.32. The number of aryl methyl sites for hydroxylation is 1. The lowest BCUT2D eigenvalue weighted by atomic mass is 9.82. The fourth-order valence-electron chi connectivity index (χ4n) is 3.55. The van der Waals surface area contributed by atoms with E-state index in [2.05, 4.69) is 10.1 Å². The van der Waals surface area contributed by atoms with Crippen LogP contribution in [0.25, 0.3) is 15.3 Å². The standard InChI is InChI=1S/C21H14N6O3S/c1-12-18(19(14(10-22)11-23)13-5-4-6-15(9-13)27(29)30)20(28)26(25-12)21-24-16-7-2-3-8-17(16)31-21/h2-9,14,19,25H,1H3. The normalized spacial score (nSPS) is 11.9. The molecule has 0 spiro atoms. The summed E-state index contributed by atoms with van der Waals surface area (Å²) in [6.07, 6.45) is 0. The molecule has 1 atom stereocenters. The van der Waals surface area contributed by atoms with Gasteiger partial charge >= 0.3 is 0 Å². The lowest BCUT2D eigenvalue weighted by Gasteiger charge is -2.16. The average molecular weight is 430 g/mol. The van der Waals surface area contributed by atoms with Crippen molar-refractivity contribution in [1.82, 2.24) is 14.8 Å². The Balaban J connectivity index is 1.92. The summed E-state index contributed by atoms with van der Waals surface area (Å²) in [4.78, 5) is 28.5. The number of rotatable bonds is 5. The van der Waals surface area contributed by atoms with Gasteiger partial charge in [0.25, 0.3) is 11.2 Å². The van der Waals surface area contributed by atoms with Crippen molar-refractivity contribution in [1.29, 1.82) is 10.5 Å². The molecular formula is C21H14N6O3S. The predicted molar refractivity (Wildman–Crippen MR) is 114 cm³/mol. The molecule has 4 rings (SSSR count). The minimum atomic E-state index is -1.21. The third kappa shape index (κ3) is 3.45. The van der Waals surface area contributed by atoms with Crippen molar-refractivity contribution >= 4 is 27.2 Å². The second-order valence-electron chi connectivity index (χ2n) is 6.82. The number of thiazole rings is 1. The lowest BCUT2D eigenvalue weighted by molar-refractivity contribution is -0.384. The number of hydrogen-bond donors (Lipinski definition) is 1. The molecule has 0 aliphatic heterocycles. The molecule has 4 aromatic rings. The van der Waals surface area contributed by atoms with Crippen LogP contribution in [-0.4, -0.2) is 19.7 Å². The fraction of sp³-hybridized carbons (Fsp3) is 0.143. The monoisotopic (exact) mass is 430 g/mol. The minimum Gasteiger partial charge on any atom is -0.293 e. The van der Waals surface area contributed by atoms with Gasteiger partial charge in [-0.25, -0.2) is 4.98 Å². The summed E-state index contributed by atoms with van der Waals surface area (Å²) in [5, 5.41) is 33.8. The number of hydrogen-bond acceptors (Lipinski definition) is 7. The van der Waals surface area contributed by atoms with Gasteiger partial charge in [-0.1, -0.05) is 35.6 Å². The Morgan fingerprint density at radius 3 is 2.61 bits per heavy atom. The number of H-pyrrole nitrogens is 1. The van der Waals surface area contributed by atoms with Crippen LogP contribution in [0.1, 0.15) is 22.7 Å². The topological polar surface area (TPSA) is 141 Å². The van der Waals surface area contributed by atoms with Gasteiger partial charge in [-0.2, -0.15) is 15.2 Å². The van der Waals surface area contributed by atoms with E-state index >= 15 is 0 Å². The molecule has 0 radical (unpaired) electrons. The van der Waals surface area contributed by atoms with Crippen molar-refractivity contribution in [2.75, 3.05) is 0 Å². The van der Waals surface area contributed by atoms with Gasteiger partial charge in [0, 0.05) is 29.3 Å². The van der Waals surface area contributed by atoms with Crippen LogP contribution >= 0.6 is 11.3 Å². The highest BCUT2D eigenvalue weighted by Crippen LogP contribution is 2.34. The van der Waals surface area contributed by atoms with Crippen molar-refractivity contribution < 1.29 is 4.92 Å². The van der Waals surface area contributed by atoms with Crippen LogP contribution in [0, 0.1) is 45.6 Å². The number of fused-ring (bicyclic) bond motifs is 1. The van der Waals surface area contributed by atoms with Crippen LogP contribution in [0.5, 0.6) is 0 Å². The van der Waals surface area contributed by atoms with E-state index in [4.69, 9.17) is 0 Å². The van der Waals surface area contributed by atoms with E-state index in [1.54, 1.807) is 13.0 Å². The van der Waals surface area contributed by atoms with Gasteiger partial charge in [0.05, 0.1) is 27.3 Å². The fourth-order valence-corrected chi connectivity index (χ4v) is 4.48. The maximum atomic E-state index is 13.4. The highest BCUT2D eigenvalue weighted by molar-refractivity contribution is 7.20. The molecule has 0 amide bonds. The molecule has 0 aliphatic rings. The highest BCUT2D eigenvalue weighted by atomic mass is 32.1. The molecule has 2 heterocycles. The van der Waals surface area contributed by atoms with E-state index in [9.17, 15) is 25.4 Å². The van der Waals surface area contributed by atoms with Gasteiger partial charge in [0.1, 0.15) is 5.92 Å². The maximum Gasteiger partial charge on any atom is 0.277 e. The molecule has 0 bridgehead atoms. The second-order valence-corrected chi connectivity index (χ2v) is 7.83. The van der Waals surface area contributed by atoms with E-state index in [1.165, 1.54) is 34.2 Å². The van der Waals surface area contributed by atoms with Crippen molar-refractivity contribution in [3.8, 4) is 17.3 Å². The molecule has 0 saturated heterocycles. The Kier molecular flexibility index (Phi) is 5.07. The maximum absolute atomic E-state index is 13.4. The van der Waals surface area contributed by atoms with Gasteiger partial charge in [0.2, 0.25) is 5.13 Å². The molecule has 1 unspecified atom stereocenters. The number of para-hydroxylation sites is 1. The first kappa shape index (κ1) is 20.0. The summed E-state index contributed by atoms with van der Waals surface area (Å²) in [5.74, 6) is -2.18. The molecule has 10 heteroatoms. The van der Waals surface area contributed by atoms with Gasteiger partial charge in [0.15, 0.2) is 0 Å². The minimum absolute atomic E-state index is 0.184. The molecule has 0 saturated carbocycles. The number of nitro benzene ring substituents is 1. The molecule has 2 aromatic heterocycles. The Hall–Kier alpha value is -4.28. The van der Waals surface area contributed by atoms with Crippen LogP contribution in [0.4, 0.5) is 5.69 Å². The number of nitriles is 2. The van der Waals surface area contributed by atoms with Crippen LogP contribution in [0.15, 0.2) is 53.3 Å². The van der Waals surface area contributed by atoms with E-state index in [0.717, 1.165) is 10.2 Å². The Bertz CT molecular complexity index is 1410. The first-order chi connectivity index (χ1) is 14.9. The number of aromatic nitrogens is 3. The Morgan fingerprint density at radius 2 is 1.94 bits per heavy atom. The zero-order valence-electron chi connectivity index (χ0n) is 16.1. The summed E-state index contributed by atoms with van der Waals surface area (Å²) in [6, 6.07) is 16.9. The summed E-state index contributed by atoms with van der Waals surface area (Å²) in [5.41, 5.74) is 1.10. The zero-order chi connectivity index (χ0) is 22.1. The van der Waals surface area contributed by atoms with E-state index in [0.29, 0.717) is 16.4 Å². The first-order valence-electron chi connectivity index (χ1n) is 9.15. The first-order valence-corrected chi connectivity index (χ1v) is 9.97. The van der Waals surface area contributed by atoms with Crippen molar-refractivity contribution in [2.45, 2.75) is 12.8 Å². The third-order valence-corrected chi connectivity index (χ3v) is 5.98. The number of benzene rings is 2. The van der Waals surface area contributed by atoms with E-state index in [-0.39, 0.29) is 11.3 Å². The molecular weight excluding hydrogens is 416 g/mol. The van der Waals surface area contributed by atoms with Crippen LogP contribution in [0.3, 0.4) is 0 Å². The van der Waals surface area contributed by atoms with Gasteiger partial charge in [-0.05, 0) is 24.6 Å². The zero-order valence-corrected chi connectivity index (χ0v) is 17.0. The van der Waals surface area contributed by atoms with Gasteiger partial charge < -0.3 is 0 Å². The summed E-state index contributed by atoms with van der Waals surface area (Å²) in [7, 11) is 0. The van der Waals surface area contributed by atoms with Crippen molar-refractivity contribution in [3.05, 3.63) is 85.8 Å². The number of aromatic amines is 1. The molecule has 152 valence electrons. The molecule has 31 heavy (non-hydrogen) atoms. The molecule has 2 aromatic carbocycles. The smallest absolute Gasteiger partial charge is 0.277 e. The van der Waals surface area contributed by atoms with Gasteiger partial charge in [-0.15, -0.1) is 0 Å². The Morgan fingerprint density at radius 1 is 1.19 bits per heavy atom. The number of nitro groups is 1. The number of nitrogens with zero attached hydrogens (tertiary/aromatic N) is 5. The van der Waals surface area contributed by atoms with Gasteiger partial charge in [-0.3, -0.25) is 20.0 Å². The molecule has 0 aliphatic carbocycles. The summed E-state index contributed by atoms with van der Waals surface area (Å²) >= 11 is 1.32. The predicted octanol–water partition coefficient (Wildman–Crippen LogP) is 3.79. The van der Waals surface area contributed by atoms with Crippen molar-refractivity contribution in [3.63, 3.8) is 0 Å². The van der Waals surface area contributed by atoms with Crippen molar-refractivity contribution in [2.24, 2.45) is 5.92 Å². The lowest BCUT2D eigenvalue weighted by Crippen LogP contribution is -2.23. The Labute approximate surface area is 179 Å². The largest absolute Gasteiger partial charge is 0.293 e.